The number of hydrogen-bond donors (Lipinski definition) is 0. The van der Waals surface area contributed by atoms with Crippen LogP contribution in [0.5, 0.6) is 0 Å². The maximum absolute atomic E-state index is 12.4. The number of nitrogens with zero attached hydrogens (tertiary/aromatic N) is 3. The molecule has 2 rings (SSSR count). The number of sulfonamides is 1. The second-order valence-electron chi connectivity index (χ2n) is 4.72. The summed E-state index contributed by atoms with van der Waals surface area (Å²) in [7, 11) is -4.22. The molecule has 0 atom stereocenters. The predicted octanol–water partition coefficient (Wildman–Crippen LogP) is 1.56. The van der Waals surface area contributed by atoms with Crippen molar-refractivity contribution >= 4 is 27.5 Å². The molecular formula is C12H9ClF3N3O3S. The second kappa shape index (κ2) is 5.99. The fraction of sp³-hybridized carbons (Fsp3) is 0.333. The van der Waals surface area contributed by atoms with Gasteiger partial charge in [0, 0.05) is 0 Å². The molecule has 6 nitrogen and oxygen atoms in total. The molecule has 0 radical (unpaired) electrons. The van der Waals surface area contributed by atoms with Crippen LogP contribution in [-0.4, -0.2) is 49.5 Å². The monoisotopic (exact) mass is 367 g/mol. The standard InChI is InChI=1S/C12H9ClF3N3O3S/c13-10-2-1-9(3-8(10)4-17)23(21,22)19-5-11(20)18(7-19)6-12(14,15)16/h1-3H,5-7H2. The van der Waals surface area contributed by atoms with Gasteiger partial charge in [-0.05, 0) is 18.2 Å². The zero-order valence-corrected chi connectivity index (χ0v) is 12.9. The molecule has 0 spiro atoms. The number of nitriles is 1. The first-order chi connectivity index (χ1) is 10.5. The Morgan fingerprint density at radius 2 is 2.00 bits per heavy atom. The van der Waals surface area contributed by atoms with Crippen LogP contribution in [0.15, 0.2) is 23.1 Å². The van der Waals surface area contributed by atoms with E-state index < -0.39 is 41.9 Å². The van der Waals surface area contributed by atoms with E-state index in [0.717, 1.165) is 12.1 Å². The van der Waals surface area contributed by atoms with Crippen LogP contribution >= 0.6 is 11.6 Å². The van der Waals surface area contributed by atoms with Gasteiger partial charge in [0.1, 0.15) is 12.6 Å². The Hall–Kier alpha value is -1.83. The van der Waals surface area contributed by atoms with Crippen molar-refractivity contribution in [3.63, 3.8) is 0 Å². The van der Waals surface area contributed by atoms with Gasteiger partial charge >= 0.3 is 6.18 Å². The number of carbonyl (C=O) groups is 1. The van der Waals surface area contributed by atoms with Gasteiger partial charge in [0.05, 0.1) is 28.7 Å². The summed E-state index contributed by atoms with van der Waals surface area (Å²) in [5, 5.41) is 8.90. The van der Waals surface area contributed by atoms with Crippen LogP contribution in [0, 0.1) is 11.3 Å². The van der Waals surface area contributed by atoms with E-state index in [1.165, 1.54) is 6.07 Å². The third kappa shape index (κ3) is 3.74. The Balaban J connectivity index is 2.28. The maximum atomic E-state index is 12.4. The SMILES string of the molecule is N#Cc1cc(S(=O)(=O)N2CC(=O)N(CC(F)(F)F)C2)ccc1Cl. The molecule has 124 valence electrons. The first kappa shape index (κ1) is 17.5. The molecule has 1 aliphatic rings. The minimum atomic E-state index is -4.62. The summed E-state index contributed by atoms with van der Waals surface area (Å²) in [4.78, 5) is 11.6. The van der Waals surface area contributed by atoms with Crippen LogP contribution in [0.2, 0.25) is 5.02 Å². The van der Waals surface area contributed by atoms with Gasteiger partial charge in [0.25, 0.3) is 0 Å². The van der Waals surface area contributed by atoms with Crippen LogP contribution in [0.25, 0.3) is 0 Å². The molecule has 0 unspecified atom stereocenters. The summed E-state index contributed by atoms with van der Waals surface area (Å²) < 4.78 is 62.5. The van der Waals surface area contributed by atoms with Crippen molar-refractivity contribution in [3.8, 4) is 6.07 Å². The molecule has 0 saturated carbocycles. The number of alkyl halides is 3. The lowest BCUT2D eigenvalue weighted by molar-refractivity contribution is -0.157. The van der Waals surface area contributed by atoms with E-state index in [1.54, 1.807) is 6.07 Å². The van der Waals surface area contributed by atoms with Gasteiger partial charge in [-0.3, -0.25) is 4.79 Å². The zero-order chi connectivity index (χ0) is 17.4. The van der Waals surface area contributed by atoms with Crippen molar-refractivity contribution in [2.45, 2.75) is 11.1 Å². The number of hydrogen-bond acceptors (Lipinski definition) is 4. The van der Waals surface area contributed by atoms with E-state index in [1.807, 2.05) is 0 Å². The fourth-order valence-electron chi connectivity index (χ4n) is 1.99. The van der Waals surface area contributed by atoms with E-state index in [0.29, 0.717) is 9.21 Å². The number of rotatable bonds is 3. The minimum Gasteiger partial charge on any atom is -0.318 e. The van der Waals surface area contributed by atoms with Crippen molar-refractivity contribution in [3.05, 3.63) is 28.8 Å². The molecule has 1 aromatic carbocycles. The molecule has 0 aliphatic carbocycles. The van der Waals surface area contributed by atoms with Crippen LogP contribution in [0.3, 0.4) is 0 Å². The van der Waals surface area contributed by atoms with E-state index in [2.05, 4.69) is 0 Å². The van der Waals surface area contributed by atoms with E-state index >= 15 is 0 Å². The lowest BCUT2D eigenvalue weighted by atomic mass is 10.2. The highest BCUT2D eigenvalue weighted by atomic mass is 35.5. The molecule has 1 aromatic rings. The molecule has 23 heavy (non-hydrogen) atoms. The molecule has 0 N–H and O–H groups in total. The highest BCUT2D eigenvalue weighted by molar-refractivity contribution is 7.89. The maximum Gasteiger partial charge on any atom is 0.406 e. The Morgan fingerprint density at radius 3 is 2.57 bits per heavy atom. The molecule has 1 amide bonds. The molecule has 1 aliphatic heterocycles. The summed E-state index contributed by atoms with van der Waals surface area (Å²) in [6.07, 6.45) is -4.62. The lowest BCUT2D eigenvalue weighted by Gasteiger charge is -2.19. The summed E-state index contributed by atoms with van der Waals surface area (Å²) in [6, 6.07) is 5.03. The van der Waals surface area contributed by atoms with Gasteiger partial charge in [0.2, 0.25) is 15.9 Å². The topological polar surface area (TPSA) is 81.5 Å². The van der Waals surface area contributed by atoms with Gasteiger partial charge in [-0.25, -0.2) is 8.42 Å². The summed E-state index contributed by atoms with van der Waals surface area (Å²) in [5.74, 6) is -0.944. The highest BCUT2D eigenvalue weighted by Crippen LogP contribution is 2.26. The van der Waals surface area contributed by atoms with Crippen molar-refractivity contribution in [2.24, 2.45) is 0 Å². The van der Waals surface area contributed by atoms with Crippen molar-refractivity contribution < 1.29 is 26.4 Å². The highest BCUT2D eigenvalue weighted by Gasteiger charge is 2.41. The van der Waals surface area contributed by atoms with E-state index in [9.17, 15) is 26.4 Å². The first-order valence-electron chi connectivity index (χ1n) is 6.09. The van der Waals surface area contributed by atoms with Gasteiger partial charge in [-0.15, -0.1) is 0 Å². The van der Waals surface area contributed by atoms with E-state index in [-0.39, 0.29) is 15.5 Å². The van der Waals surface area contributed by atoms with Crippen molar-refractivity contribution in [1.82, 2.24) is 9.21 Å². The largest absolute Gasteiger partial charge is 0.406 e. The Bertz CT molecular complexity index is 789. The minimum absolute atomic E-state index is 0.0441. The molecule has 1 heterocycles. The molecule has 1 fully saturated rings. The normalized spacial score (nSPS) is 16.7. The summed E-state index contributed by atoms with van der Waals surface area (Å²) in [5.41, 5.74) is -0.0922. The van der Waals surface area contributed by atoms with Crippen molar-refractivity contribution in [1.29, 1.82) is 5.26 Å². The molecular weight excluding hydrogens is 359 g/mol. The number of carbonyl (C=O) groups excluding carboxylic acids is 1. The quantitative estimate of drug-likeness (QED) is 0.812. The third-order valence-electron chi connectivity index (χ3n) is 3.06. The second-order valence-corrected chi connectivity index (χ2v) is 7.06. The van der Waals surface area contributed by atoms with Crippen LogP contribution in [-0.2, 0) is 14.8 Å². The van der Waals surface area contributed by atoms with Crippen LogP contribution in [0.4, 0.5) is 13.2 Å². The first-order valence-corrected chi connectivity index (χ1v) is 7.91. The smallest absolute Gasteiger partial charge is 0.318 e. The zero-order valence-electron chi connectivity index (χ0n) is 11.3. The Labute approximate surface area is 134 Å². The van der Waals surface area contributed by atoms with E-state index in [4.69, 9.17) is 16.9 Å². The fourth-order valence-corrected chi connectivity index (χ4v) is 3.52. The molecule has 0 bridgehead atoms. The average molecular weight is 368 g/mol. The van der Waals surface area contributed by atoms with Gasteiger partial charge in [-0.2, -0.15) is 22.7 Å². The van der Waals surface area contributed by atoms with Gasteiger partial charge in [-0.1, -0.05) is 11.6 Å². The molecule has 0 aromatic heterocycles. The Kier molecular flexibility index (Phi) is 4.57. The van der Waals surface area contributed by atoms with Crippen LogP contribution in [0.1, 0.15) is 5.56 Å². The van der Waals surface area contributed by atoms with Crippen LogP contribution < -0.4 is 0 Å². The summed E-state index contributed by atoms with van der Waals surface area (Å²) in [6.45, 7) is -2.92. The predicted molar refractivity (Wildman–Crippen MR) is 72.7 cm³/mol. The molecule has 1 saturated heterocycles. The lowest BCUT2D eigenvalue weighted by Crippen LogP contribution is -2.37. The average Bonchev–Trinajstić information content (AvgIpc) is 2.79. The number of benzene rings is 1. The molecule has 11 heteroatoms. The number of amides is 1. The number of halogens is 4. The van der Waals surface area contributed by atoms with Gasteiger partial charge in [0.15, 0.2) is 0 Å². The third-order valence-corrected chi connectivity index (χ3v) is 5.16. The van der Waals surface area contributed by atoms with Crippen molar-refractivity contribution in [2.75, 3.05) is 19.8 Å². The summed E-state index contributed by atoms with van der Waals surface area (Å²) >= 11 is 5.71. The Morgan fingerprint density at radius 1 is 1.35 bits per heavy atom. The van der Waals surface area contributed by atoms with Gasteiger partial charge < -0.3 is 4.90 Å².